The molecule has 0 aliphatic carbocycles. The number of allylic oxidation sites excluding steroid dienone is 1. The first-order valence-corrected chi connectivity index (χ1v) is 8.17. The smallest absolute Gasteiger partial charge is 0.289 e. The number of thiophene rings is 1. The van der Waals surface area contributed by atoms with Crippen molar-refractivity contribution >= 4 is 22.8 Å². The minimum absolute atomic E-state index is 0.203. The first-order valence-electron chi connectivity index (χ1n) is 7.23. The van der Waals surface area contributed by atoms with Gasteiger partial charge in [0.1, 0.15) is 0 Å². The first-order chi connectivity index (χ1) is 11.6. The molecule has 1 N–H and O–H groups in total. The topological polar surface area (TPSA) is 71.9 Å². The molecule has 0 aliphatic heterocycles. The Morgan fingerprint density at radius 1 is 1.12 bits per heavy atom. The normalized spacial score (nSPS) is 11.5. The van der Waals surface area contributed by atoms with Gasteiger partial charge in [-0.2, -0.15) is 11.3 Å². The number of H-pyrrole nitrogens is 1. The minimum Gasteiger partial charge on any atom is -0.289 e. The fourth-order valence-corrected chi connectivity index (χ4v) is 2.90. The van der Waals surface area contributed by atoms with Crippen molar-refractivity contribution in [1.82, 2.24) is 9.55 Å². The van der Waals surface area contributed by atoms with E-state index in [1.54, 1.807) is 30.5 Å². The van der Waals surface area contributed by atoms with Crippen molar-refractivity contribution in [2.45, 2.75) is 6.92 Å². The summed E-state index contributed by atoms with van der Waals surface area (Å²) in [5, 5.41) is 3.57. The summed E-state index contributed by atoms with van der Waals surface area (Å²) in [5.41, 5.74) is 1.04. The number of hydrogen-bond donors (Lipinski definition) is 1. The van der Waals surface area contributed by atoms with Gasteiger partial charge in [-0.3, -0.25) is 19.1 Å². The number of benzene rings is 1. The van der Waals surface area contributed by atoms with Crippen molar-refractivity contribution in [2.75, 3.05) is 0 Å². The first kappa shape index (κ1) is 15.9. The van der Waals surface area contributed by atoms with Gasteiger partial charge in [0.15, 0.2) is 5.78 Å². The molecule has 0 unspecified atom stereocenters. The van der Waals surface area contributed by atoms with Crippen LogP contribution in [0.2, 0.25) is 0 Å². The van der Waals surface area contributed by atoms with E-state index in [9.17, 15) is 14.4 Å². The van der Waals surface area contributed by atoms with Crippen LogP contribution in [0.15, 0.2) is 69.0 Å². The average Bonchev–Trinajstić information content (AvgIpc) is 3.11. The van der Waals surface area contributed by atoms with Crippen LogP contribution in [0.4, 0.5) is 0 Å². The van der Waals surface area contributed by atoms with Crippen molar-refractivity contribution in [1.29, 1.82) is 0 Å². The van der Waals surface area contributed by atoms with Gasteiger partial charge >= 0.3 is 5.69 Å². The molecule has 0 saturated carbocycles. The molecule has 3 rings (SSSR count). The maximum absolute atomic E-state index is 12.5. The molecule has 0 bridgehead atoms. The van der Waals surface area contributed by atoms with Crippen molar-refractivity contribution in [3.05, 3.63) is 97.0 Å². The molecule has 0 radical (unpaired) electrons. The van der Waals surface area contributed by atoms with Gasteiger partial charge in [0.05, 0.1) is 5.70 Å². The fourth-order valence-electron chi connectivity index (χ4n) is 2.26. The monoisotopic (exact) mass is 338 g/mol. The van der Waals surface area contributed by atoms with E-state index in [1.165, 1.54) is 28.2 Å². The number of hydrogen-bond acceptors (Lipinski definition) is 4. The second-order valence-corrected chi connectivity index (χ2v) is 5.99. The molecule has 0 atom stereocenters. The number of carbonyl (C=O) groups is 1. The number of aromatic nitrogens is 2. The highest BCUT2D eigenvalue weighted by Crippen LogP contribution is 2.17. The molecular weight excluding hydrogens is 324 g/mol. The van der Waals surface area contributed by atoms with Gasteiger partial charge in [-0.05, 0) is 23.9 Å². The molecule has 0 amide bonds. The molecule has 120 valence electrons. The number of carbonyl (C=O) groups excluding carboxylic acids is 1. The van der Waals surface area contributed by atoms with Crippen LogP contribution in [0.1, 0.15) is 21.5 Å². The Labute approximate surface area is 141 Å². The molecule has 2 aromatic heterocycles. The number of nitrogens with one attached hydrogen (secondary N) is 1. The molecule has 5 nitrogen and oxygen atoms in total. The summed E-state index contributed by atoms with van der Waals surface area (Å²) < 4.78 is 1.29. The highest BCUT2D eigenvalue weighted by Gasteiger charge is 2.12. The SMILES string of the molecule is Cc1cn(C(=CC(=O)c2ccsc2)c2ccccc2)c(=O)[nH]c1=O. The number of rotatable bonds is 4. The van der Waals surface area contributed by atoms with Crippen LogP contribution in [-0.4, -0.2) is 15.3 Å². The fraction of sp³-hybridized carbons (Fsp3) is 0.0556. The summed E-state index contributed by atoms with van der Waals surface area (Å²) in [4.78, 5) is 38.6. The van der Waals surface area contributed by atoms with Crippen LogP contribution >= 0.6 is 11.3 Å². The zero-order valence-electron chi connectivity index (χ0n) is 12.9. The molecule has 3 aromatic rings. The van der Waals surface area contributed by atoms with Gasteiger partial charge in [0.25, 0.3) is 5.56 Å². The second-order valence-electron chi connectivity index (χ2n) is 5.21. The van der Waals surface area contributed by atoms with Crippen molar-refractivity contribution in [2.24, 2.45) is 0 Å². The lowest BCUT2D eigenvalue weighted by Crippen LogP contribution is -2.30. The Balaban J connectivity index is 2.21. The van der Waals surface area contributed by atoms with E-state index in [-0.39, 0.29) is 5.78 Å². The van der Waals surface area contributed by atoms with Crippen molar-refractivity contribution in [3.63, 3.8) is 0 Å². The Morgan fingerprint density at radius 2 is 1.88 bits per heavy atom. The van der Waals surface area contributed by atoms with Gasteiger partial charge in [0, 0.05) is 28.8 Å². The third kappa shape index (κ3) is 3.18. The molecule has 2 heterocycles. The summed E-state index contributed by atoms with van der Waals surface area (Å²) in [6, 6.07) is 10.8. The highest BCUT2D eigenvalue weighted by atomic mass is 32.1. The van der Waals surface area contributed by atoms with Crippen LogP contribution in [0.5, 0.6) is 0 Å². The second kappa shape index (κ2) is 6.64. The number of nitrogens with zero attached hydrogens (tertiary/aromatic N) is 1. The maximum Gasteiger partial charge on any atom is 0.332 e. The van der Waals surface area contributed by atoms with Crippen molar-refractivity contribution < 1.29 is 4.79 Å². The summed E-state index contributed by atoms with van der Waals surface area (Å²) >= 11 is 1.43. The van der Waals surface area contributed by atoms with E-state index >= 15 is 0 Å². The molecule has 1 aromatic carbocycles. The largest absolute Gasteiger partial charge is 0.332 e. The summed E-state index contributed by atoms with van der Waals surface area (Å²) in [7, 11) is 0. The van der Waals surface area contributed by atoms with Crippen LogP contribution in [0, 0.1) is 6.92 Å². The van der Waals surface area contributed by atoms with E-state index in [1.807, 2.05) is 23.6 Å². The zero-order chi connectivity index (χ0) is 17.1. The van der Waals surface area contributed by atoms with E-state index in [4.69, 9.17) is 0 Å². The summed E-state index contributed by atoms with van der Waals surface area (Å²) in [5.74, 6) is -0.203. The lowest BCUT2D eigenvalue weighted by molar-refractivity contribution is 0.104. The molecule has 0 spiro atoms. The Morgan fingerprint density at radius 3 is 2.54 bits per heavy atom. The molecule has 0 saturated heterocycles. The standard InChI is InChI=1S/C18H14N2O3S/c1-12-10-20(18(23)19-17(12)22)15(13-5-3-2-4-6-13)9-16(21)14-7-8-24-11-14/h2-11H,1H3,(H,19,22,23). The summed E-state index contributed by atoms with van der Waals surface area (Å²) in [6.45, 7) is 1.61. The minimum atomic E-state index is -0.584. The third-order valence-electron chi connectivity index (χ3n) is 3.52. The number of ketones is 1. The maximum atomic E-state index is 12.5. The number of aryl methyl sites for hydroxylation is 1. The lowest BCUT2D eigenvalue weighted by atomic mass is 10.1. The Kier molecular flexibility index (Phi) is 4.39. The predicted molar refractivity (Wildman–Crippen MR) is 94.5 cm³/mol. The lowest BCUT2D eigenvalue weighted by Gasteiger charge is -2.11. The number of aromatic amines is 1. The van der Waals surface area contributed by atoms with E-state index in [0.717, 1.165) is 0 Å². The quantitative estimate of drug-likeness (QED) is 0.587. The average molecular weight is 338 g/mol. The van der Waals surface area contributed by atoms with Gasteiger partial charge in [-0.25, -0.2) is 4.79 Å². The van der Waals surface area contributed by atoms with Crippen LogP contribution in [-0.2, 0) is 0 Å². The third-order valence-corrected chi connectivity index (χ3v) is 4.21. The van der Waals surface area contributed by atoms with Gasteiger partial charge in [-0.15, -0.1) is 0 Å². The zero-order valence-corrected chi connectivity index (χ0v) is 13.7. The van der Waals surface area contributed by atoms with E-state index in [2.05, 4.69) is 4.98 Å². The van der Waals surface area contributed by atoms with Crippen LogP contribution in [0.25, 0.3) is 5.70 Å². The highest BCUT2D eigenvalue weighted by molar-refractivity contribution is 7.08. The Hall–Kier alpha value is -2.99. The van der Waals surface area contributed by atoms with Crippen LogP contribution in [0.3, 0.4) is 0 Å². The molecule has 0 aliphatic rings. The van der Waals surface area contributed by atoms with Gasteiger partial charge in [0.2, 0.25) is 0 Å². The Bertz CT molecular complexity index is 1010. The van der Waals surface area contributed by atoms with Gasteiger partial charge in [-0.1, -0.05) is 30.3 Å². The molecule has 6 heteroatoms. The molecular formula is C18H14N2O3S. The van der Waals surface area contributed by atoms with Gasteiger partial charge < -0.3 is 0 Å². The van der Waals surface area contributed by atoms with E-state index < -0.39 is 11.2 Å². The molecule has 0 fully saturated rings. The van der Waals surface area contributed by atoms with E-state index in [0.29, 0.717) is 22.4 Å². The molecule has 24 heavy (non-hydrogen) atoms. The van der Waals surface area contributed by atoms with Crippen LogP contribution < -0.4 is 11.2 Å². The summed E-state index contributed by atoms with van der Waals surface area (Å²) in [6.07, 6.45) is 2.86. The predicted octanol–water partition coefficient (Wildman–Crippen LogP) is 2.68. The van der Waals surface area contributed by atoms with Crippen molar-refractivity contribution in [3.8, 4) is 0 Å².